The van der Waals surface area contributed by atoms with E-state index in [0.29, 0.717) is 35.7 Å². The summed E-state index contributed by atoms with van der Waals surface area (Å²) in [6.07, 6.45) is 5.18. The first-order chi connectivity index (χ1) is 15.6. The first kappa shape index (κ1) is 20.9. The highest BCUT2D eigenvalue weighted by Crippen LogP contribution is 2.26. The van der Waals surface area contributed by atoms with E-state index < -0.39 is 0 Å². The SMILES string of the molecule is O=C(c1ccc2c(c1)C(=O)N(CCc1ccccc1)C2=O)N1CCC(N2CCCC2)CC1. The van der Waals surface area contributed by atoms with Crippen molar-refractivity contribution in [1.82, 2.24) is 14.7 Å². The minimum Gasteiger partial charge on any atom is -0.339 e. The number of carbonyl (C=O) groups excluding carboxylic acids is 3. The number of nitrogens with zero attached hydrogens (tertiary/aromatic N) is 3. The van der Waals surface area contributed by atoms with E-state index in [9.17, 15) is 14.4 Å². The second-order valence-corrected chi connectivity index (χ2v) is 9.02. The lowest BCUT2D eigenvalue weighted by Crippen LogP contribution is -2.45. The van der Waals surface area contributed by atoms with E-state index in [1.165, 1.54) is 30.8 Å². The highest BCUT2D eigenvalue weighted by atomic mass is 16.2. The van der Waals surface area contributed by atoms with Gasteiger partial charge in [0.15, 0.2) is 0 Å². The summed E-state index contributed by atoms with van der Waals surface area (Å²) in [6.45, 7) is 4.19. The number of hydrogen-bond donors (Lipinski definition) is 0. The maximum atomic E-state index is 13.1. The van der Waals surface area contributed by atoms with Crippen LogP contribution < -0.4 is 0 Å². The van der Waals surface area contributed by atoms with Crippen molar-refractivity contribution in [2.75, 3.05) is 32.7 Å². The Morgan fingerprint density at radius 1 is 0.844 bits per heavy atom. The molecular weight excluding hydrogens is 402 g/mol. The molecule has 2 aromatic rings. The molecule has 0 aliphatic carbocycles. The Balaban J connectivity index is 1.24. The van der Waals surface area contributed by atoms with Crippen LogP contribution in [0.3, 0.4) is 0 Å². The van der Waals surface area contributed by atoms with Gasteiger partial charge in [-0.1, -0.05) is 30.3 Å². The molecule has 32 heavy (non-hydrogen) atoms. The van der Waals surface area contributed by atoms with Crippen LogP contribution in [0.2, 0.25) is 0 Å². The van der Waals surface area contributed by atoms with E-state index in [1.807, 2.05) is 35.2 Å². The van der Waals surface area contributed by atoms with Crippen LogP contribution in [-0.2, 0) is 6.42 Å². The summed E-state index contributed by atoms with van der Waals surface area (Å²) >= 11 is 0. The molecule has 0 aromatic heterocycles. The lowest BCUT2D eigenvalue weighted by Gasteiger charge is -2.36. The number of likely N-dealkylation sites (tertiary alicyclic amines) is 2. The predicted octanol–water partition coefficient (Wildman–Crippen LogP) is 3.23. The summed E-state index contributed by atoms with van der Waals surface area (Å²) in [7, 11) is 0. The molecule has 166 valence electrons. The molecule has 0 radical (unpaired) electrons. The smallest absolute Gasteiger partial charge is 0.261 e. The molecule has 0 bridgehead atoms. The van der Waals surface area contributed by atoms with E-state index in [2.05, 4.69) is 4.90 Å². The molecule has 2 aromatic carbocycles. The van der Waals surface area contributed by atoms with Gasteiger partial charge in [-0.2, -0.15) is 0 Å². The van der Waals surface area contributed by atoms with Gasteiger partial charge >= 0.3 is 0 Å². The van der Waals surface area contributed by atoms with Crippen LogP contribution in [0, 0.1) is 0 Å². The van der Waals surface area contributed by atoms with Crippen LogP contribution in [0.4, 0.5) is 0 Å². The number of imide groups is 1. The van der Waals surface area contributed by atoms with Crippen LogP contribution in [0.1, 0.15) is 62.3 Å². The average Bonchev–Trinajstić information content (AvgIpc) is 3.46. The van der Waals surface area contributed by atoms with Gasteiger partial charge in [0.1, 0.15) is 0 Å². The van der Waals surface area contributed by atoms with Gasteiger partial charge in [-0.3, -0.25) is 19.3 Å². The largest absolute Gasteiger partial charge is 0.339 e. The predicted molar refractivity (Wildman–Crippen MR) is 122 cm³/mol. The van der Waals surface area contributed by atoms with Crippen LogP contribution in [0.15, 0.2) is 48.5 Å². The molecule has 3 aliphatic rings. The lowest BCUT2D eigenvalue weighted by molar-refractivity contribution is 0.0641. The van der Waals surface area contributed by atoms with Crippen LogP contribution in [-0.4, -0.2) is 71.2 Å². The first-order valence-corrected chi connectivity index (χ1v) is 11.7. The Morgan fingerprint density at radius 3 is 2.25 bits per heavy atom. The minimum absolute atomic E-state index is 0.0457. The summed E-state index contributed by atoms with van der Waals surface area (Å²) in [6, 6.07) is 15.4. The molecule has 3 heterocycles. The van der Waals surface area contributed by atoms with Gasteiger partial charge < -0.3 is 9.80 Å². The van der Waals surface area contributed by atoms with Crippen LogP contribution in [0.5, 0.6) is 0 Å². The number of benzene rings is 2. The Kier molecular flexibility index (Phi) is 5.79. The molecule has 3 aliphatic heterocycles. The quantitative estimate of drug-likeness (QED) is 0.682. The van der Waals surface area contributed by atoms with Crippen LogP contribution >= 0.6 is 0 Å². The summed E-state index contributed by atoms with van der Waals surface area (Å²) < 4.78 is 0. The maximum absolute atomic E-state index is 13.1. The molecule has 6 nitrogen and oxygen atoms in total. The van der Waals surface area contributed by atoms with Gasteiger partial charge in [0.05, 0.1) is 11.1 Å². The van der Waals surface area contributed by atoms with Crippen molar-refractivity contribution in [3.8, 4) is 0 Å². The Morgan fingerprint density at radius 2 is 1.53 bits per heavy atom. The summed E-state index contributed by atoms with van der Waals surface area (Å²) in [5.41, 5.74) is 2.32. The average molecular weight is 432 g/mol. The number of fused-ring (bicyclic) bond motifs is 1. The molecule has 3 amide bonds. The fourth-order valence-electron chi connectivity index (χ4n) is 5.24. The van der Waals surface area contributed by atoms with Crippen molar-refractivity contribution in [3.05, 3.63) is 70.8 Å². The van der Waals surface area contributed by atoms with Gasteiger partial charge in [-0.05, 0) is 69.0 Å². The van der Waals surface area contributed by atoms with Gasteiger partial charge in [-0.15, -0.1) is 0 Å². The molecule has 0 spiro atoms. The zero-order valence-electron chi connectivity index (χ0n) is 18.3. The molecule has 2 saturated heterocycles. The lowest BCUT2D eigenvalue weighted by atomic mass is 10.0. The highest BCUT2D eigenvalue weighted by Gasteiger charge is 2.36. The van der Waals surface area contributed by atoms with E-state index in [-0.39, 0.29) is 17.7 Å². The molecular formula is C26H29N3O3. The van der Waals surface area contributed by atoms with Crippen molar-refractivity contribution in [3.63, 3.8) is 0 Å². The standard InChI is InChI=1S/C26H29N3O3/c30-24(28-15-11-21(12-16-28)27-13-4-5-14-27)20-8-9-22-23(18-20)26(32)29(25(22)31)17-10-19-6-2-1-3-7-19/h1-3,6-9,18,21H,4-5,10-17H2. The summed E-state index contributed by atoms with van der Waals surface area (Å²) in [4.78, 5) is 44.6. The molecule has 0 N–H and O–H groups in total. The van der Waals surface area contributed by atoms with E-state index in [0.717, 1.165) is 31.5 Å². The third-order valence-electron chi connectivity index (χ3n) is 7.09. The fraction of sp³-hybridized carbons (Fsp3) is 0.423. The normalized spacial score (nSPS) is 19.6. The topological polar surface area (TPSA) is 60.9 Å². The van der Waals surface area contributed by atoms with E-state index in [1.54, 1.807) is 18.2 Å². The Labute approximate surface area is 188 Å². The fourth-order valence-corrected chi connectivity index (χ4v) is 5.24. The third-order valence-corrected chi connectivity index (χ3v) is 7.09. The highest BCUT2D eigenvalue weighted by molar-refractivity contribution is 6.22. The second-order valence-electron chi connectivity index (χ2n) is 9.02. The zero-order valence-corrected chi connectivity index (χ0v) is 18.3. The Bertz CT molecular complexity index is 1020. The van der Waals surface area contributed by atoms with Crippen molar-refractivity contribution < 1.29 is 14.4 Å². The van der Waals surface area contributed by atoms with E-state index >= 15 is 0 Å². The summed E-state index contributed by atoms with van der Waals surface area (Å²) in [5.74, 6) is -0.620. The number of amides is 3. The molecule has 6 heteroatoms. The zero-order chi connectivity index (χ0) is 22.1. The van der Waals surface area contributed by atoms with Crippen molar-refractivity contribution in [2.24, 2.45) is 0 Å². The van der Waals surface area contributed by atoms with Gasteiger partial charge in [0.25, 0.3) is 17.7 Å². The second kappa shape index (κ2) is 8.87. The molecule has 0 atom stereocenters. The monoisotopic (exact) mass is 431 g/mol. The number of rotatable bonds is 5. The van der Waals surface area contributed by atoms with E-state index in [4.69, 9.17) is 0 Å². The third kappa shape index (κ3) is 3.95. The molecule has 5 rings (SSSR count). The number of piperidine rings is 1. The molecule has 2 fully saturated rings. The first-order valence-electron chi connectivity index (χ1n) is 11.7. The number of hydrogen-bond acceptors (Lipinski definition) is 4. The number of carbonyl (C=O) groups is 3. The van der Waals surface area contributed by atoms with Gasteiger partial charge in [0.2, 0.25) is 0 Å². The maximum Gasteiger partial charge on any atom is 0.261 e. The molecule has 0 saturated carbocycles. The molecule has 0 unspecified atom stereocenters. The minimum atomic E-state index is -0.302. The van der Waals surface area contributed by atoms with Crippen molar-refractivity contribution >= 4 is 17.7 Å². The van der Waals surface area contributed by atoms with Crippen LogP contribution in [0.25, 0.3) is 0 Å². The van der Waals surface area contributed by atoms with Gasteiger partial charge in [0, 0.05) is 31.2 Å². The van der Waals surface area contributed by atoms with Crippen molar-refractivity contribution in [1.29, 1.82) is 0 Å². The summed E-state index contributed by atoms with van der Waals surface area (Å²) in [5, 5.41) is 0. The Hall–Kier alpha value is -2.99. The van der Waals surface area contributed by atoms with Gasteiger partial charge in [-0.25, -0.2) is 0 Å². The van der Waals surface area contributed by atoms with Crippen molar-refractivity contribution in [2.45, 2.75) is 38.1 Å².